The lowest BCUT2D eigenvalue weighted by Gasteiger charge is -2.20. The molecule has 1 fully saturated rings. The third kappa shape index (κ3) is 4.58. The van der Waals surface area contributed by atoms with Gasteiger partial charge in [-0.3, -0.25) is 10.1 Å². The maximum Gasteiger partial charge on any atom is 0.292 e. The molecule has 1 heterocycles. The van der Waals surface area contributed by atoms with E-state index >= 15 is 0 Å². The number of rotatable bonds is 5. The van der Waals surface area contributed by atoms with E-state index in [4.69, 9.17) is 11.6 Å². The van der Waals surface area contributed by atoms with E-state index in [0.717, 1.165) is 45.3 Å². The van der Waals surface area contributed by atoms with Gasteiger partial charge in [0.05, 0.1) is 4.92 Å². The number of nitro groups is 1. The van der Waals surface area contributed by atoms with Gasteiger partial charge >= 0.3 is 0 Å². The quantitative estimate of drug-likeness (QED) is 0.661. The number of likely N-dealkylation sites (tertiary alicyclic amines) is 1. The molecular formula is C15H22ClN3O2. The van der Waals surface area contributed by atoms with Crippen molar-refractivity contribution in [2.24, 2.45) is 0 Å². The molecule has 0 aliphatic carbocycles. The number of benzene rings is 1. The molecule has 1 saturated heterocycles. The number of hydrogen-bond donors (Lipinski definition) is 1. The van der Waals surface area contributed by atoms with Gasteiger partial charge in [0.15, 0.2) is 0 Å². The first-order valence-electron chi connectivity index (χ1n) is 7.53. The maximum atomic E-state index is 11.1. The van der Waals surface area contributed by atoms with Crippen LogP contribution in [-0.2, 0) is 0 Å². The molecule has 1 aliphatic heterocycles. The molecule has 0 amide bonds. The van der Waals surface area contributed by atoms with Gasteiger partial charge in [-0.25, -0.2) is 0 Å². The average Bonchev–Trinajstić information content (AvgIpc) is 2.65. The molecule has 0 saturated carbocycles. The van der Waals surface area contributed by atoms with Gasteiger partial charge in [-0.1, -0.05) is 18.5 Å². The highest BCUT2D eigenvalue weighted by atomic mass is 35.5. The van der Waals surface area contributed by atoms with Gasteiger partial charge in [-0.2, -0.15) is 0 Å². The molecule has 1 aliphatic rings. The summed E-state index contributed by atoms with van der Waals surface area (Å²) in [5.74, 6) is 0. The molecule has 1 N–H and O–H groups in total. The highest BCUT2D eigenvalue weighted by Gasteiger charge is 2.20. The Balaban J connectivity index is 2.04. The van der Waals surface area contributed by atoms with E-state index in [9.17, 15) is 10.1 Å². The van der Waals surface area contributed by atoms with Crippen LogP contribution in [0.25, 0.3) is 0 Å². The number of nitrogens with zero attached hydrogens (tertiary/aromatic N) is 2. The highest BCUT2D eigenvalue weighted by molar-refractivity contribution is 6.31. The summed E-state index contributed by atoms with van der Waals surface area (Å²) >= 11 is 5.97. The van der Waals surface area contributed by atoms with Crippen molar-refractivity contribution in [1.82, 2.24) is 4.90 Å². The molecule has 21 heavy (non-hydrogen) atoms. The van der Waals surface area contributed by atoms with Crippen molar-refractivity contribution < 1.29 is 4.92 Å². The minimum Gasteiger partial charge on any atom is -0.377 e. The Hall–Kier alpha value is -1.33. The Bertz CT molecular complexity index is 496. The zero-order valence-electron chi connectivity index (χ0n) is 12.3. The summed E-state index contributed by atoms with van der Waals surface area (Å²) in [5, 5.41) is 14.9. The van der Waals surface area contributed by atoms with Crippen LogP contribution < -0.4 is 5.32 Å². The van der Waals surface area contributed by atoms with E-state index < -0.39 is 0 Å². The van der Waals surface area contributed by atoms with Gasteiger partial charge < -0.3 is 10.2 Å². The van der Waals surface area contributed by atoms with Gasteiger partial charge in [0, 0.05) is 23.7 Å². The largest absolute Gasteiger partial charge is 0.377 e. The fourth-order valence-corrected chi connectivity index (χ4v) is 3.02. The molecule has 0 radical (unpaired) electrons. The third-order valence-electron chi connectivity index (χ3n) is 3.88. The van der Waals surface area contributed by atoms with Crippen LogP contribution in [0.3, 0.4) is 0 Å². The smallest absolute Gasteiger partial charge is 0.292 e. The maximum absolute atomic E-state index is 11.1. The van der Waals surface area contributed by atoms with Gasteiger partial charge in [0.2, 0.25) is 0 Å². The van der Waals surface area contributed by atoms with Crippen LogP contribution in [0.2, 0.25) is 5.02 Å². The van der Waals surface area contributed by atoms with Crippen molar-refractivity contribution in [2.45, 2.75) is 38.6 Å². The van der Waals surface area contributed by atoms with Crippen LogP contribution in [0.4, 0.5) is 11.4 Å². The van der Waals surface area contributed by atoms with Crippen LogP contribution in [0, 0.1) is 10.1 Å². The number of anilines is 1. The predicted molar refractivity (Wildman–Crippen MR) is 86.1 cm³/mol. The Labute approximate surface area is 130 Å². The van der Waals surface area contributed by atoms with Crippen LogP contribution >= 0.6 is 11.6 Å². The summed E-state index contributed by atoms with van der Waals surface area (Å²) < 4.78 is 0. The Morgan fingerprint density at radius 1 is 1.43 bits per heavy atom. The molecule has 1 unspecified atom stereocenters. The molecule has 2 rings (SSSR count). The molecule has 1 aromatic rings. The fraction of sp³-hybridized carbons (Fsp3) is 0.600. The van der Waals surface area contributed by atoms with Crippen molar-refractivity contribution in [3.63, 3.8) is 0 Å². The van der Waals surface area contributed by atoms with Gasteiger partial charge in [-0.15, -0.1) is 0 Å². The predicted octanol–water partition coefficient (Wildman–Crippen LogP) is 3.92. The first-order chi connectivity index (χ1) is 10.1. The summed E-state index contributed by atoms with van der Waals surface area (Å²) in [4.78, 5) is 13.2. The summed E-state index contributed by atoms with van der Waals surface area (Å²) in [5.41, 5.74) is 0.621. The first kappa shape index (κ1) is 16.0. The normalized spacial score (nSPS) is 20.0. The van der Waals surface area contributed by atoms with Gasteiger partial charge in [0.1, 0.15) is 5.69 Å². The SMILES string of the molecule is CCCN1CCCC(Nc2cc(Cl)ccc2[N+](=O)[O-])CC1. The molecule has 1 atom stereocenters. The zero-order chi connectivity index (χ0) is 15.2. The van der Waals surface area contributed by atoms with Crippen molar-refractivity contribution >= 4 is 23.0 Å². The Morgan fingerprint density at radius 2 is 2.24 bits per heavy atom. The van der Waals surface area contributed by atoms with Crippen LogP contribution in [0.5, 0.6) is 0 Å². The second kappa shape index (κ2) is 7.61. The highest BCUT2D eigenvalue weighted by Crippen LogP contribution is 2.29. The summed E-state index contributed by atoms with van der Waals surface area (Å²) in [6, 6.07) is 4.93. The van der Waals surface area contributed by atoms with Crippen molar-refractivity contribution in [3.8, 4) is 0 Å². The minimum absolute atomic E-state index is 0.0917. The van der Waals surface area contributed by atoms with E-state index in [0.29, 0.717) is 10.7 Å². The second-order valence-electron chi connectivity index (χ2n) is 5.53. The monoisotopic (exact) mass is 311 g/mol. The molecule has 1 aromatic carbocycles. The standard InChI is InChI=1S/C15H22ClN3O2/c1-2-8-18-9-3-4-13(7-10-18)17-14-11-12(16)5-6-15(14)19(20)21/h5-6,11,13,17H,2-4,7-10H2,1H3. The number of hydrogen-bond acceptors (Lipinski definition) is 4. The van der Waals surface area contributed by atoms with Crippen molar-refractivity contribution in [1.29, 1.82) is 0 Å². The van der Waals surface area contributed by atoms with E-state index in [1.165, 1.54) is 6.07 Å². The lowest BCUT2D eigenvalue weighted by atomic mass is 10.1. The lowest BCUT2D eigenvalue weighted by molar-refractivity contribution is -0.384. The van der Waals surface area contributed by atoms with E-state index in [2.05, 4.69) is 17.1 Å². The molecular weight excluding hydrogens is 290 g/mol. The average molecular weight is 312 g/mol. The van der Waals surface area contributed by atoms with Gasteiger partial charge in [-0.05, 0) is 50.9 Å². The summed E-state index contributed by atoms with van der Waals surface area (Å²) in [6.07, 6.45) is 4.32. The van der Waals surface area contributed by atoms with Crippen LogP contribution in [0.15, 0.2) is 18.2 Å². The first-order valence-corrected chi connectivity index (χ1v) is 7.90. The molecule has 0 spiro atoms. The second-order valence-corrected chi connectivity index (χ2v) is 5.97. The molecule has 116 valence electrons. The van der Waals surface area contributed by atoms with Crippen molar-refractivity contribution in [2.75, 3.05) is 25.0 Å². The molecule has 5 nitrogen and oxygen atoms in total. The molecule has 0 bridgehead atoms. The summed E-state index contributed by atoms with van der Waals surface area (Å²) in [6.45, 7) is 5.48. The third-order valence-corrected chi connectivity index (χ3v) is 4.11. The molecule has 0 aromatic heterocycles. The van der Waals surface area contributed by atoms with E-state index in [1.54, 1.807) is 12.1 Å². The topological polar surface area (TPSA) is 58.4 Å². The number of nitro benzene ring substituents is 1. The number of nitrogens with one attached hydrogen (secondary N) is 1. The van der Waals surface area contributed by atoms with Crippen molar-refractivity contribution in [3.05, 3.63) is 33.3 Å². The van der Waals surface area contributed by atoms with Crippen LogP contribution in [-0.4, -0.2) is 35.5 Å². The van der Waals surface area contributed by atoms with Crippen LogP contribution in [0.1, 0.15) is 32.6 Å². The Morgan fingerprint density at radius 3 is 2.95 bits per heavy atom. The lowest BCUT2D eigenvalue weighted by Crippen LogP contribution is -2.27. The van der Waals surface area contributed by atoms with Gasteiger partial charge in [0.25, 0.3) is 5.69 Å². The fourth-order valence-electron chi connectivity index (χ4n) is 2.84. The molecule has 6 heteroatoms. The zero-order valence-corrected chi connectivity index (χ0v) is 13.1. The summed E-state index contributed by atoms with van der Waals surface area (Å²) in [7, 11) is 0. The number of halogens is 1. The van der Waals surface area contributed by atoms with E-state index in [1.807, 2.05) is 0 Å². The minimum atomic E-state index is -0.362. The Kier molecular flexibility index (Phi) is 5.82. The van der Waals surface area contributed by atoms with E-state index in [-0.39, 0.29) is 16.7 Å².